The van der Waals surface area contributed by atoms with Gasteiger partial charge < -0.3 is 15.2 Å². The molecule has 2 N–H and O–H groups in total. The van der Waals surface area contributed by atoms with Gasteiger partial charge >= 0.3 is 6.18 Å². The molecule has 1 unspecified atom stereocenters. The Labute approximate surface area is 205 Å². The molecule has 0 radical (unpaired) electrons. The average molecular weight is 505 g/mol. The summed E-state index contributed by atoms with van der Waals surface area (Å²) in [6, 6.07) is 1.67. The number of halogens is 3. The second-order valence-corrected chi connectivity index (χ2v) is 9.08. The van der Waals surface area contributed by atoms with Gasteiger partial charge in [0.15, 0.2) is 6.23 Å². The zero-order chi connectivity index (χ0) is 25.4. The average Bonchev–Trinajstić information content (AvgIpc) is 3.43. The molecule has 5 rings (SSSR count). The number of hydrazone groups is 1. The van der Waals surface area contributed by atoms with Crippen LogP contribution in [0, 0.1) is 0 Å². The summed E-state index contributed by atoms with van der Waals surface area (Å²) < 4.78 is 47.8. The second kappa shape index (κ2) is 9.45. The third-order valence-corrected chi connectivity index (χ3v) is 6.37. The number of aryl methyl sites for hydroxylation is 1. The van der Waals surface area contributed by atoms with Crippen molar-refractivity contribution < 1.29 is 23.0 Å². The third-order valence-electron chi connectivity index (χ3n) is 6.37. The van der Waals surface area contributed by atoms with Crippen LogP contribution in [0.3, 0.4) is 0 Å². The maximum Gasteiger partial charge on any atom is 0.405 e. The number of fused-ring (bicyclic) bond motifs is 1. The number of aliphatic hydroxyl groups is 1. The molecule has 1 aliphatic carbocycles. The van der Waals surface area contributed by atoms with Crippen LogP contribution in [0.2, 0.25) is 0 Å². The molecular weight excluding hydrogens is 477 g/mol. The van der Waals surface area contributed by atoms with Gasteiger partial charge in [-0.3, -0.25) is 14.4 Å². The van der Waals surface area contributed by atoms with Crippen molar-refractivity contribution in [3.05, 3.63) is 36.8 Å². The largest absolute Gasteiger partial charge is 0.473 e. The Morgan fingerprint density at radius 3 is 2.61 bits per heavy atom. The number of alkyl halides is 3. The highest BCUT2D eigenvalue weighted by atomic mass is 19.4. The van der Waals surface area contributed by atoms with Crippen molar-refractivity contribution in [1.82, 2.24) is 29.6 Å². The third kappa shape index (κ3) is 5.15. The van der Waals surface area contributed by atoms with E-state index < -0.39 is 18.9 Å². The topological polar surface area (TPSA) is 106 Å². The van der Waals surface area contributed by atoms with Gasteiger partial charge in [-0.2, -0.15) is 23.4 Å². The first kappa shape index (κ1) is 24.1. The fourth-order valence-corrected chi connectivity index (χ4v) is 4.54. The SMILES string of the molecule is CN1N=C(OC2CCC(n3nc(-c4cnn(C)c4)c4cnc(NCC(F)(F)F)cc43)CC2)C=CC1O. The Hall–Kier alpha value is -3.61. The second-order valence-electron chi connectivity index (χ2n) is 9.08. The first-order chi connectivity index (χ1) is 17.2. The van der Waals surface area contributed by atoms with Gasteiger partial charge in [-0.25, -0.2) is 4.98 Å². The van der Waals surface area contributed by atoms with E-state index in [0.717, 1.165) is 36.6 Å². The highest BCUT2D eigenvalue weighted by molar-refractivity contribution is 5.93. The molecule has 3 aromatic rings. The molecule has 13 heteroatoms. The van der Waals surface area contributed by atoms with Crippen molar-refractivity contribution >= 4 is 22.6 Å². The lowest BCUT2D eigenvalue weighted by Crippen LogP contribution is -2.32. The zero-order valence-electron chi connectivity index (χ0n) is 19.9. The number of nitrogens with one attached hydrogen (secondary N) is 1. The van der Waals surface area contributed by atoms with Crippen molar-refractivity contribution in [2.24, 2.45) is 12.1 Å². The number of pyridine rings is 1. The number of aliphatic hydroxyl groups excluding tert-OH is 1. The van der Waals surface area contributed by atoms with Crippen LogP contribution in [0.5, 0.6) is 0 Å². The van der Waals surface area contributed by atoms with Crippen LogP contribution < -0.4 is 5.32 Å². The standard InChI is InChI=1S/C23H27F3N8O2/c1-32-12-14(10-29-32)22-17-11-27-19(28-13-23(24,25)26)9-18(17)34(31-22)15-3-5-16(6-4-15)36-20-7-8-21(35)33(2)30-20/h7-12,15-16,21,35H,3-6,13H2,1-2H3,(H,27,28). The molecule has 0 spiro atoms. The van der Waals surface area contributed by atoms with Gasteiger partial charge in [-0.1, -0.05) is 0 Å². The van der Waals surface area contributed by atoms with Gasteiger partial charge in [0.2, 0.25) is 5.90 Å². The molecule has 2 aliphatic rings. The van der Waals surface area contributed by atoms with E-state index in [1.807, 2.05) is 17.9 Å². The monoisotopic (exact) mass is 504 g/mol. The van der Waals surface area contributed by atoms with Crippen LogP contribution in [-0.2, 0) is 11.8 Å². The lowest BCUT2D eigenvalue weighted by atomic mass is 9.93. The number of hydrogen-bond acceptors (Lipinski definition) is 8. The normalized spacial score (nSPS) is 22.7. The van der Waals surface area contributed by atoms with Crippen LogP contribution in [-0.4, -0.2) is 72.7 Å². The van der Waals surface area contributed by atoms with E-state index in [4.69, 9.17) is 9.84 Å². The Bertz CT molecular complexity index is 1290. The fourth-order valence-electron chi connectivity index (χ4n) is 4.54. The Kier molecular flexibility index (Phi) is 6.33. The van der Waals surface area contributed by atoms with Crippen molar-refractivity contribution in [1.29, 1.82) is 0 Å². The van der Waals surface area contributed by atoms with Crippen LogP contribution in [0.4, 0.5) is 19.0 Å². The minimum absolute atomic E-state index is 0.0291. The van der Waals surface area contributed by atoms with Crippen LogP contribution in [0.1, 0.15) is 31.7 Å². The molecule has 36 heavy (non-hydrogen) atoms. The molecule has 0 aromatic carbocycles. The van der Waals surface area contributed by atoms with Gasteiger partial charge in [0.1, 0.15) is 24.2 Å². The lowest BCUT2D eigenvalue weighted by molar-refractivity contribution is -0.115. The summed E-state index contributed by atoms with van der Waals surface area (Å²) >= 11 is 0. The predicted molar refractivity (Wildman–Crippen MR) is 127 cm³/mol. The Morgan fingerprint density at radius 2 is 1.94 bits per heavy atom. The lowest BCUT2D eigenvalue weighted by Gasteiger charge is -2.30. The summed E-state index contributed by atoms with van der Waals surface area (Å²) in [6.07, 6.45) is 6.33. The van der Waals surface area contributed by atoms with Crippen molar-refractivity contribution in [3.8, 4) is 11.3 Å². The molecular formula is C23H27F3N8O2. The molecule has 1 fully saturated rings. The first-order valence-electron chi connectivity index (χ1n) is 11.7. The smallest absolute Gasteiger partial charge is 0.405 e. The van der Waals surface area contributed by atoms with Crippen molar-refractivity contribution in [2.45, 2.75) is 50.2 Å². The molecule has 1 aliphatic heterocycles. The molecule has 4 heterocycles. The van der Waals surface area contributed by atoms with E-state index in [1.165, 1.54) is 5.01 Å². The van der Waals surface area contributed by atoms with E-state index in [2.05, 4.69) is 20.5 Å². The minimum atomic E-state index is -4.35. The van der Waals surface area contributed by atoms with Gasteiger partial charge in [-0.15, -0.1) is 5.10 Å². The first-order valence-corrected chi connectivity index (χ1v) is 11.7. The summed E-state index contributed by atoms with van der Waals surface area (Å²) in [6.45, 7) is -1.16. The Balaban J connectivity index is 1.38. The van der Waals surface area contributed by atoms with Crippen molar-refractivity contribution in [3.63, 3.8) is 0 Å². The highest BCUT2D eigenvalue weighted by Gasteiger charge is 2.29. The van der Waals surface area contributed by atoms with E-state index in [1.54, 1.807) is 42.3 Å². The van der Waals surface area contributed by atoms with Gasteiger partial charge in [0, 0.05) is 49.6 Å². The zero-order valence-corrected chi connectivity index (χ0v) is 19.9. The highest BCUT2D eigenvalue weighted by Crippen LogP contribution is 2.36. The number of aromatic nitrogens is 5. The maximum atomic E-state index is 12.7. The number of ether oxygens (including phenoxy) is 1. The number of nitrogens with zero attached hydrogens (tertiary/aromatic N) is 7. The quantitative estimate of drug-likeness (QED) is 0.548. The number of likely N-dealkylation sites (N-methyl/N-ethyl adjacent to an activating group) is 1. The Morgan fingerprint density at radius 1 is 1.17 bits per heavy atom. The minimum Gasteiger partial charge on any atom is -0.473 e. The van der Waals surface area contributed by atoms with Gasteiger partial charge in [0.05, 0.1) is 17.8 Å². The number of anilines is 1. The molecule has 0 saturated heterocycles. The molecule has 1 atom stereocenters. The van der Waals surface area contributed by atoms with Crippen molar-refractivity contribution in [2.75, 3.05) is 18.9 Å². The summed E-state index contributed by atoms with van der Waals surface area (Å²) in [5.74, 6) is 0.602. The maximum absolute atomic E-state index is 12.7. The van der Waals surface area contributed by atoms with Gasteiger partial charge in [0.25, 0.3) is 0 Å². The van der Waals surface area contributed by atoms with E-state index in [0.29, 0.717) is 17.1 Å². The molecule has 3 aromatic heterocycles. The number of hydrogen-bond donors (Lipinski definition) is 2. The van der Waals surface area contributed by atoms with Crippen LogP contribution in [0.25, 0.3) is 22.2 Å². The molecule has 192 valence electrons. The van der Waals surface area contributed by atoms with E-state index in [-0.39, 0.29) is 18.0 Å². The summed E-state index contributed by atoms with van der Waals surface area (Å²) in [5.41, 5.74) is 2.22. The van der Waals surface area contributed by atoms with E-state index >= 15 is 0 Å². The van der Waals surface area contributed by atoms with Crippen LogP contribution >= 0.6 is 0 Å². The molecule has 0 bridgehead atoms. The number of rotatable bonds is 5. The summed E-state index contributed by atoms with van der Waals surface area (Å²) in [7, 11) is 3.48. The summed E-state index contributed by atoms with van der Waals surface area (Å²) in [4.78, 5) is 4.20. The predicted octanol–water partition coefficient (Wildman–Crippen LogP) is 3.44. The molecule has 0 amide bonds. The molecule has 1 saturated carbocycles. The van der Waals surface area contributed by atoms with E-state index in [9.17, 15) is 18.3 Å². The molecule has 10 nitrogen and oxygen atoms in total. The van der Waals surface area contributed by atoms with Gasteiger partial charge in [-0.05, 0) is 31.8 Å². The van der Waals surface area contributed by atoms with Crippen LogP contribution in [0.15, 0.2) is 41.9 Å². The summed E-state index contributed by atoms with van der Waals surface area (Å²) in [5, 5.41) is 27.6. The fraction of sp³-hybridized carbons (Fsp3) is 0.478.